The Morgan fingerprint density at radius 3 is 1.14 bits per heavy atom. The van der Waals surface area contributed by atoms with Crippen LogP contribution in [0, 0.1) is 53.3 Å². The maximum atomic E-state index is 13.2. The van der Waals surface area contributed by atoms with Gasteiger partial charge in [0.2, 0.25) is 0 Å². The van der Waals surface area contributed by atoms with Crippen LogP contribution in [0.15, 0.2) is 0 Å². The van der Waals surface area contributed by atoms with Crippen LogP contribution >= 0.6 is 0 Å². The molecule has 0 aromatic carbocycles. The van der Waals surface area contributed by atoms with E-state index in [1.807, 2.05) is 27.7 Å². The Kier molecular flexibility index (Phi) is 61.4. The molecule has 1 aliphatic carbocycles. The monoisotopic (exact) mass is 1110 g/mol. The van der Waals surface area contributed by atoms with Gasteiger partial charge in [0, 0.05) is 45.6 Å². The number of ether oxygens (including phenoxy) is 7. The fourth-order valence-corrected chi connectivity index (χ4v) is 5.96. The van der Waals surface area contributed by atoms with Crippen molar-refractivity contribution >= 4 is 17.9 Å². The molecule has 1 saturated carbocycles. The van der Waals surface area contributed by atoms with Crippen molar-refractivity contribution in [3.05, 3.63) is 0 Å². The van der Waals surface area contributed by atoms with E-state index >= 15 is 0 Å². The molecule has 1 fully saturated rings. The first-order valence-electron chi connectivity index (χ1n) is 28.0. The van der Waals surface area contributed by atoms with Crippen molar-refractivity contribution in [2.75, 3.05) is 112 Å². The lowest BCUT2D eigenvalue weighted by atomic mass is 9.87. The number of hydrogen-bond acceptors (Lipinski definition) is 19. The molecular formula is C57H120O19. The highest BCUT2D eigenvalue weighted by Gasteiger charge is 2.54. The molecule has 0 aromatic rings. The average molecular weight is 1110 g/mol. The van der Waals surface area contributed by atoms with E-state index in [-0.39, 0.29) is 78.1 Å². The molecule has 0 heterocycles. The van der Waals surface area contributed by atoms with Crippen LogP contribution in [0.4, 0.5) is 0 Å². The van der Waals surface area contributed by atoms with Crippen LogP contribution in [-0.4, -0.2) is 193 Å². The highest BCUT2D eigenvalue weighted by molar-refractivity contribution is 5.86. The van der Waals surface area contributed by atoms with E-state index in [1.165, 1.54) is 0 Å². The highest BCUT2D eigenvalue weighted by Crippen LogP contribution is 2.44. The smallest absolute Gasteiger partial charge is 0.310 e. The second-order valence-corrected chi connectivity index (χ2v) is 22.1. The van der Waals surface area contributed by atoms with Crippen LogP contribution in [0.25, 0.3) is 0 Å². The van der Waals surface area contributed by atoms with Crippen LogP contribution < -0.4 is 0 Å². The molecule has 1 rings (SSSR count). The second-order valence-electron chi connectivity index (χ2n) is 22.1. The minimum Gasteiger partial charge on any atom is -0.463 e. The summed E-state index contributed by atoms with van der Waals surface area (Å²) in [5.41, 5.74) is -1.65. The summed E-state index contributed by atoms with van der Waals surface area (Å²) in [6.07, 6.45) is 5.45. The number of carbonyl (C=O) groups is 3. The zero-order chi connectivity index (χ0) is 60.3. The summed E-state index contributed by atoms with van der Waals surface area (Å²) in [5.74, 6) is -2.88. The van der Waals surface area contributed by atoms with Crippen LogP contribution in [0.2, 0.25) is 0 Å². The van der Waals surface area contributed by atoms with Gasteiger partial charge in [0.05, 0.1) is 87.4 Å². The summed E-state index contributed by atoms with van der Waals surface area (Å²) >= 11 is 0. The normalized spacial score (nSPS) is 16.1. The van der Waals surface area contributed by atoms with E-state index in [1.54, 1.807) is 27.7 Å². The second kappa shape index (κ2) is 54.8. The van der Waals surface area contributed by atoms with Crippen molar-refractivity contribution in [2.24, 2.45) is 53.3 Å². The number of aliphatic hydroxyl groups is 9. The van der Waals surface area contributed by atoms with Gasteiger partial charge < -0.3 is 79.1 Å². The Morgan fingerprint density at radius 1 is 0.421 bits per heavy atom. The summed E-state index contributed by atoms with van der Waals surface area (Å²) < 4.78 is 38.0. The highest BCUT2D eigenvalue weighted by atomic mass is 16.6. The summed E-state index contributed by atoms with van der Waals surface area (Å²) in [6.45, 7) is 36.6. The van der Waals surface area contributed by atoms with Gasteiger partial charge >= 0.3 is 17.9 Å². The van der Waals surface area contributed by atoms with Crippen molar-refractivity contribution in [3.63, 3.8) is 0 Å². The standard InChI is InChI=1S/C25H44O13.C10H22O2.4C5H12O.C2H6/c1-24(2,15-29)38-16-25(3,4)37-12-11-36-23(32)20-18(22(31)35-10-7-28)13-17(21(30)34-9-6-27)19(20)14-33-8-5-26;1-9(2)5-8-12-10(3,4)6-7-11;4*1-5(2)3-4-6;1-2/h17-20,26-29H,5-16H2,1-4H3;9,11H,5-8H2,1-4H3;4*5-6H,3-4H2,1-2H3;1-2H3. The van der Waals surface area contributed by atoms with E-state index in [0.29, 0.717) is 62.4 Å². The zero-order valence-corrected chi connectivity index (χ0v) is 51.3. The molecule has 0 radical (unpaired) electrons. The Labute approximate surface area is 462 Å². The first kappa shape index (κ1) is 85.2. The number of esters is 3. The van der Waals surface area contributed by atoms with Gasteiger partial charge in [-0.1, -0.05) is 83.1 Å². The van der Waals surface area contributed by atoms with Crippen LogP contribution in [0.5, 0.6) is 0 Å². The maximum absolute atomic E-state index is 13.2. The topological polar surface area (TPSA) is 298 Å². The van der Waals surface area contributed by atoms with Crippen molar-refractivity contribution < 1.29 is 93.5 Å². The molecule has 462 valence electrons. The van der Waals surface area contributed by atoms with E-state index < -0.39 is 66.0 Å². The van der Waals surface area contributed by atoms with E-state index in [2.05, 4.69) is 69.2 Å². The molecular weight excluding hydrogens is 989 g/mol. The van der Waals surface area contributed by atoms with Gasteiger partial charge in [0.1, 0.15) is 19.8 Å². The summed E-state index contributed by atoms with van der Waals surface area (Å²) in [5, 5.41) is 78.1. The molecule has 4 unspecified atom stereocenters. The number of hydrogen-bond donors (Lipinski definition) is 9. The third kappa shape index (κ3) is 56.6. The molecule has 0 bridgehead atoms. The van der Waals surface area contributed by atoms with Gasteiger partial charge in [-0.05, 0) is 116 Å². The molecule has 0 aromatic heterocycles. The first-order valence-corrected chi connectivity index (χ1v) is 28.0. The molecule has 0 saturated heterocycles. The molecule has 0 spiro atoms. The molecule has 0 aliphatic heterocycles. The lowest BCUT2D eigenvalue weighted by Gasteiger charge is -2.31. The minimum atomic E-state index is -1.12. The van der Waals surface area contributed by atoms with E-state index in [4.69, 9.17) is 74.0 Å². The van der Waals surface area contributed by atoms with Gasteiger partial charge in [-0.3, -0.25) is 14.4 Å². The minimum absolute atomic E-state index is 0.0155. The predicted molar refractivity (Wildman–Crippen MR) is 299 cm³/mol. The fraction of sp³-hybridized carbons (Fsp3) is 0.947. The average Bonchev–Trinajstić information content (AvgIpc) is 3.72. The van der Waals surface area contributed by atoms with Crippen molar-refractivity contribution in [1.29, 1.82) is 0 Å². The Hall–Kier alpha value is -2.11. The number of aliphatic hydroxyl groups excluding tert-OH is 9. The summed E-state index contributed by atoms with van der Waals surface area (Å²) in [6, 6.07) is 0. The van der Waals surface area contributed by atoms with Gasteiger partial charge in [-0.25, -0.2) is 0 Å². The molecule has 76 heavy (non-hydrogen) atoms. The van der Waals surface area contributed by atoms with Gasteiger partial charge in [0.15, 0.2) is 0 Å². The molecule has 19 heteroatoms. The van der Waals surface area contributed by atoms with Crippen LogP contribution in [0.3, 0.4) is 0 Å². The maximum Gasteiger partial charge on any atom is 0.310 e. The van der Waals surface area contributed by atoms with Gasteiger partial charge in [0.25, 0.3) is 0 Å². The van der Waals surface area contributed by atoms with E-state index in [0.717, 1.165) is 38.7 Å². The third-order valence-electron chi connectivity index (χ3n) is 10.8. The van der Waals surface area contributed by atoms with Crippen molar-refractivity contribution in [1.82, 2.24) is 0 Å². The summed E-state index contributed by atoms with van der Waals surface area (Å²) in [4.78, 5) is 38.6. The fourth-order valence-electron chi connectivity index (χ4n) is 5.96. The SMILES string of the molecule is CC.CC(C)(CO)OCC(C)(C)OCCOC(=O)C1C(C(=O)OCCO)CC(C(=O)OCCO)C1COCCO.CC(C)CCO.CC(C)CCO.CC(C)CCO.CC(C)CCO.CC(C)CCOC(C)(C)CCO. The molecule has 4 atom stereocenters. The molecule has 9 N–H and O–H groups in total. The van der Waals surface area contributed by atoms with Crippen LogP contribution in [0.1, 0.15) is 170 Å². The number of rotatable bonds is 33. The van der Waals surface area contributed by atoms with Gasteiger partial charge in [-0.2, -0.15) is 0 Å². The zero-order valence-electron chi connectivity index (χ0n) is 51.3. The van der Waals surface area contributed by atoms with Gasteiger partial charge in [-0.15, -0.1) is 0 Å². The van der Waals surface area contributed by atoms with Crippen molar-refractivity contribution in [2.45, 2.75) is 186 Å². The van der Waals surface area contributed by atoms with E-state index in [9.17, 15) is 19.5 Å². The molecule has 19 nitrogen and oxygen atoms in total. The number of carbonyl (C=O) groups excluding carboxylic acids is 3. The summed E-state index contributed by atoms with van der Waals surface area (Å²) in [7, 11) is 0. The quantitative estimate of drug-likeness (QED) is 0.0195. The van der Waals surface area contributed by atoms with Crippen LogP contribution in [-0.2, 0) is 47.5 Å². The predicted octanol–water partition coefficient (Wildman–Crippen LogP) is 6.40. The molecule has 0 amide bonds. The van der Waals surface area contributed by atoms with Crippen molar-refractivity contribution in [3.8, 4) is 0 Å². The molecule has 1 aliphatic rings. The first-order chi connectivity index (χ1) is 35.5. The Morgan fingerprint density at radius 2 is 0.803 bits per heavy atom. The lowest BCUT2D eigenvalue weighted by Crippen LogP contribution is -2.39. The Bertz CT molecular complexity index is 1220. The lowest BCUT2D eigenvalue weighted by molar-refractivity contribution is -0.166. The Balaban J connectivity index is -0.000000257. The third-order valence-corrected chi connectivity index (χ3v) is 10.8. The largest absolute Gasteiger partial charge is 0.463 e.